The summed E-state index contributed by atoms with van der Waals surface area (Å²) >= 11 is 1.71. The lowest BCUT2D eigenvalue weighted by atomic mass is 10.2. The lowest BCUT2D eigenvalue weighted by molar-refractivity contribution is 0.414. The van der Waals surface area contributed by atoms with E-state index < -0.39 is 10.0 Å². The Kier molecular flexibility index (Phi) is 6.50. The van der Waals surface area contributed by atoms with Gasteiger partial charge in [0.1, 0.15) is 5.75 Å². The van der Waals surface area contributed by atoms with Crippen molar-refractivity contribution in [2.75, 3.05) is 19.4 Å². The molecule has 0 radical (unpaired) electrons. The van der Waals surface area contributed by atoms with E-state index in [-0.39, 0.29) is 4.90 Å². The quantitative estimate of drug-likeness (QED) is 0.742. The molecule has 124 valence electrons. The maximum absolute atomic E-state index is 12.1. The SMILES string of the molecule is COc1ccc(S(=O)(=O)NCCSCc2cccc(C)c2)cc1. The van der Waals surface area contributed by atoms with Gasteiger partial charge in [0.25, 0.3) is 0 Å². The fraction of sp³-hybridized carbons (Fsp3) is 0.294. The van der Waals surface area contributed by atoms with Crippen molar-refractivity contribution in [3.63, 3.8) is 0 Å². The van der Waals surface area contributed by atoms with Crippen LogP contribution in [0.15, 0.2) is 53.4 Å². The summed E-state index contributed by atoms with van der Waals surface area (Å²) in [5, 5.41) is 0. The van der Waals surface area contributed by atoms with E-state index in [0.29, 0.717) is 12.3 Å². The zero-order valence-electron chi connectivity index (χ0n) is 13.3. The summed E-state index contributed by atoms with van der Waals surface area (Å²) in [5.41, 5.74) is 2.50. The first-order valence-electron chi connectivity index (χ1n) is 7.28. The maximum atomic E-state index is 12.1. The molecule has 0 aliphatic rings. The standard InChI is InChI=1S/C17H21NO3S2/c1-14-4-3-5-15(12-14)13-22-11-10-18-23(19,20)17-8-6-16(21-2)7-9-17/h3-9,12,18H,10-11,13H2,1-2H3. The van der Waals surface area contributed by atoms with Gasteiger partial charge in [0.15, 0.2) is 0 Å². The third kappa shape index (κ3) is 5.57. The molecule has 23 heavy (non-hydrogen) atoms. The van der Waals surface area contributed by atoms with Crippen LogP contribution in [0.25, 0.3) is 0 Å². The maximum Gasteiger partial charge on any atom is 0.240 e. The molecule has 0 aromatic heterocycles. The lowest BCUT2D eigenvalue weighted by Crippen LogP contribution is -2.26. The summed E-state index contributed by atoms with van der Waals surface area (Å²) < 4.78 is 31.9. The Bertz CT molecular complexity index is 728. The van der Waals surface area contributed by atoms with E-state index >= 15 is 0 Å². The zero-order valence-corrected chi connectivity index (χ0v) is 14.9. The molecular weight excluding hydrogens is 330 g/mol. The number of methoxy groups -OCH3 is 1. The van der Waals surface area contributed by atoms with Crippen LogP contribution in [0.1, 0.15) is 11.1 Å². The van der Waals surface area contributed by atoms with E-state index in [4.69, 9.17) is 4.74 Å². The normalized spacial score (nSPS) is 11.4. The molecule has 4 nitrogen and oxygen atoms in total. The fourth-order valence-electron chi connectivity index (χ4n) is 2.08. The van der Waals surface area contributed by atoms with Gasteiger partial charge in [-0.3, -0.25) is 0 Å². The van der Waals surface area contributed by atoms with Gasteiger partial charge in [-0.25, -0.2) is 13.1 Å². The molecule has 2 aromatic carbocycles. The lowest BCUT2D eigenvalue weighted by Gasteiger charge is -2.08. The molecule has 1 N–H and O–H groups in total. The molecule has 2 rings (SSSR count). The van der Waals surface area contributed by atoms with Crippen molar-refractivity contribution in [3.8, 4) is 5.75 Å². The van der Waals surface area contributed by atoms with Crippen LogP contribution in [0, 0.1) is 6.92 Å². The van der Waals surface area contributed by atoms with Crippen molar-refractivity contribution in [3.05, 3.63) is 59.7 Å². The number of hydrogen-bond donors (Lipinski definition) is 1. The molecule has 0 unspecified atom stereocenters. The smallest absolute Gasteiger partial charge is 0.240 e. The van der Waals surface area contributed by atoms with Crippen molar-refractivity contribution >= 4 is 21.8 Å². The second-order valence-corrected chi connectivity index (χ2v) is 7.99. The first-order valence-corrected chi connectivity index (χ1v) is 9.92. The van der Waals surface area contributed by atoms with Crippen LogP contribution in [0.3, 0.4) is 0 Å². The number of nitrogens with one attached hydrogen (secondary N) is 1. The highest BCUT2D eigenvalue weighted by Crippen LogP contribution is 2.16. The molecule has 6 heteroatoms. The molecule has 0 amide bonds. The van der Waals surface area contributed by atoms with E-state index in [1.165, 1.54) is 11.1 Å². The van der Waals surface area contributed by atoms with Gasteiger partial charge in [0.05, 0.1) is 12.0 Å². The van der Waals surface area contributed by atoms with Gasteiger partial charge in [0.2, 0.25) is 10.0 Å². The average molecular weight is 351 g/mol. The molecule has 0 bridgehead atoms. The van der Waals surface area contributed by atoms with E-state index in [0.717, 1.165) is 11.5 Å². The van der Waals surface area contributed by atoms with E-state index in [9.17, 15) is 8.42 Å². The molecule has 0 spiro atoms. The van der Waals surface area contributed by atoms with Gasteiger partial charge in [-0.2, -0.15) is 11.8 Å². The molecule has 0 fully saturated rings. The minimum atomic E-state index is -3.46. The molecule has 0 heterocycles. The number of rotatable bonds is 8. The predicted molar refractivity (Wildman–Crippen MR) is 95.5 cm³/mol. The number of hydrogen-bond acceptors (Lipinski definition) is 4. The Hall–Kier alpha value is -1.50. The van der Waals surface area contributed by atoms with Crippen molar-refractivity contribution in [1.82, 2.24) is 4.72 Å². The van der Waals surface area contributed by atoms with Gasteiger partial charge in [0, 0.05) is 18.1 Å². The monoisotopic (exact) mass is 351 g/mol. The van der Waals surface area contributed by atoms with Crippen LogP contribution in [-0.4, -0.2) is 27.8 Å². The van der Waals surface area contributed by atoms with Crippen molar-refractivity contribution < 1.29 is 13.2 Å². The number of sulfonamides is 1. The fourth-order valence-corrected chi connectivity index (χ4v) is 4.05. The summed E-state index contributed by atoms with van der Waals surface area (Å²) in [7, 11) is -1.91. The molecule has 2 aromatic rings. The van der Waals surface area contributed by atoms with Crippen LogP contribution in [0.4, 0.5) is 0 Å². The Morgan fingerprint density at radius 2 is 1.87 bits per heavy atom. The average Bonchev–Trinajstić information content (AvgIpc) is 2.54. The summed E-state index contributed by atoms with van der Waals surface area (Å²) in [5.74, 6) is 2.24. The Labute approximate surface area is 142 Å². The Morgan fingerprint density at radius 3 is 2.52 bits per heavy atom. The molecule has 0 aliphatic carbocycles. The largest absolute Gasteiger partial charge is 0.497 e. The van der Waals surface area contributed by atoms with Crippen molar-refractivity contribution in [2.24, 2.45) is 0 Å². The van der Waals surface area contributed by atoms with Gasteiger partial charge in [-0.1, -0.05) is 29.8 Å². The van der Waals surface area contributed by atoms with Crippen LogP contribution in [-0.2, 0) is 15.8 Å². The van der Waals surface area contributed by atoms with E-state index in [1.54, 1.807) is 43.1 Å². The summed E-state index contributed by atoms with van der Waals surface area (Å²) in [6, 6.07) is 14.7. The number of ether oxygens (including phenoxy) is 1. The molecule has 0 aliphatic heterocycles. The topological polar surface area (TPSA) is 55.4 Å². The zero-order chi connectivity index (χ0) is 16.7. The summed E-state index contributed by atoms with van der Waals surface area (Å²) in [6.07, 6.45) is 0. The highest BCUT2D eigenvalue weighted by atomic mass is 32.2. The van der Waals surface area contributed by atoms with Gasteiger partial charge in [-0.15, -0.1) is 0 Å². The van der Waals surface area contributed by atoms with Gasteiger partial charge >= 0.3 is 0 Å². The van der Waals surface area contributed by atoms with Crippen molar-refractivity contribution in [2.45, 2.75) is 17.6 Å². The number of thioether (sulfide) groups is 1. The van der Waals surface area contributed by atoms with Gasteiger partial charge in [-0.05, 0) is 36.8 Å². The minimum absolute atomic E-state index is 0.252. The first kappa shape index (κ1) is 17.8. The Morgan fingerprint density at radius 1 is 1.13 bits per heavy atom. The highest BCUT2D eigenvalue weighted by molar-refractivity contribution is 7.98. The second-order valence-electron chi connectivity index (χ2n) is 5.11. The predicted octanol–water partition coefficient (Wildman–Crippen LogP) is 3.22. The molecule has 0 saturated carbocycles. The summed E-state index contributed by atoms with van der Waals surface area (Å²) in [6.45, 7) is 2.47. The molecule has 0 saturated heterocycles. The second kappa shape index (κ2) is 8.38. The van der Waals surface area contributed by atoms with Gasteiger partial charge < -0.3 is 4.74 Å². The molecule has 0 atom stereocenters. The molecular formula is C17H21NO3S2. The van der Waals surface area contributed by atoms with Crippen LogP contribution < -0.4 is 9.46 Å². The highest BCUT2D eigenvalue weighted by Gasteiger charge is 2.12. The van der Waals surface area contributed by atoms with Crippen LogP contribution in [0.5, 0.6) is 5.75 Å². The first-order chi connectivity index (χ1) is 11.0. The minimum Gasteiger partial charge on any atom is -0.497 e. The number of benzene rings is 2. The summed E-state index contributed by atoms with van der Waals surface area (Å²) in [4.78, 5) is 0.252. The van der Waals surface area contributed by atoms with Crippen molar-refractivity contribution in [1.29, 1.82) is 0 Å². The van der Waals surface area contributed by atoms with E-state index in [1.807, 2.05) is 6.07 Å². The third-order valence-corrected chi connectivity index (χ3v) is 5.77. The van der Waals surface area contributed by atoms with Crippen LogP contribution in [0.2, 0.25) is 0 Å². The van der Waals surface area contributed by atoms with E-state index in [2.05, 4.69) is 29.8 Å². The number of aryl methyl sites for hydroxylation is 1. The Balaban J connectivity index is 1.78. The van der Waals surface area contributed by atoms with Crippen LogP contribution >= 0.6 is 11.8 Å². The third-order valence-electron chi connectivity index (χ3n) is 3.26.